The van der Waals surface area contributed by atoms with Crippen LogP contribution in [0.25, 0.3) is 0 Å². The number of unbranched alkanes of at least 4 members (excludes halogenated alkanes) is 1. The molecule has 0 heterocycles. The molecule has 1 aromatic carbocycles. The predicted octanol–water partition coefficient (Wildman–Crippen LogP) is -0.495. The lowest BCUT2D eigenvalue weighted by Gasteiger charge is -2.34. The molecule has 0 aliphatic heterocycles. The van der Waals surface area contributed by atoms with Crippen molar-refractivity contribution in [2.45, 2.75) is 143 Å². The molecule has 0 bridgehead atoms. The molecule has 0 aromatic heterocycles. The van der Waals surface area contributed by atoms with E-state index in [-0.39, 0.29) is 25.2 Å². The molecule has 0 unspecified atom stereocenters. The molecule has 0 saturated carbocycles. The number of carboxylic acids is 2. The van der Waals surface area contributed by atoms with E-state index in [1.165, 1.54) is 0 Å². The Kier molecular flexibility index (Phi) is 22.3. The van der Waals surface area contributed by atoms with Crippen LogP contribution in [0.4, 0.5) is 0 Å². The lowest BCUT2D eigenvalue weighted by Crippen LogP contribution is -2.62. The van der Waals surface area contributed by atoms with Gasteiger partial charge in [0.2, 0.25) is 41.2 Å². The fraction of sp³-hybridized carbons (Fsp3) is 0.610. The second kappa shape index (κ2) is 25.6. The van der Waals surface area contributed by atoms with Crippen molar-refractivity contribution in [1.29, 1.82) is 0 Å². The maximum atomic E-state index is 14.3. The number of ketones is 1. The quantitative estimate of drug-likeness (QED) is 0.0500. The number of aliphatic hydroxyl groups excluding tert-OH is 1. The highest BCUT2D eigenvalue weighted by molar-refractivity contribution is 6.37. The van der Waals surface area contributed by atoms with Gasteiger partial charge in [-0.05, 0) is 48.6 Å². The molecule has 0 aliphatic carbocycles. The third-order valence-corrected chi connectivity index (χ3v) is 9.48. The van der Waals surface area contributed by atoms with E-state index in [9.17, 15) is 58.2 Å². The van der Waals surface area contributed by atoms with E-state index in [4.69, 9.17) is 10.8 Å². The number of rotatable bonds is 27. The van der Waals surface area contributed by atoms with Gasteiger partial charge in [0.25, 0.3) is 5.91 Å². The van der Waals surface area contributed by atoms with Crippen molar-refractivity contribution in [1.82, 2.24) is 31.9 Å². The Morgan fingerprint density at radius 2 is 1.18 bits per heavy atom. The summed E-state index contributed by atoms with van der Waals surface area (Å²) in [6.07, 6.45) is -0.966. The van der Waals surface area contributed by atoms with E-state index < -0.39 is 133 Å². The summed E-state index contributed by atoms with van der Waals surface area (Å²) < 4.78 is 0. The van der Waals surface area contributed by atoms with Crippen LogP contribution >= 0.6 is 0 Å². The number of carbonyl (C=O) groups is 10. The van der Waals surface area contributed by atoms with Crippen LogP contribution in [0.3, 0.4) is 0 Å². The van der Waals surface area contributed by atoms with Crippen molar-refractivity contribution in [2.24, 2.45) is 17.1 Å². The zero-order valence-corrected chi connectivity index (χ0v) is 35.9. The molecule has 61 heavy (non-hydrogen) atoms. The number of carboxylic acid groups (broad SMARTS) is 2. The summed E-state index contributed by atoms with van der Waals surface area (Å²) in [4.78, 5) is 128. The molecule has 1 rings (SSSR count). The van der Waals surface area contributed by atoms with Gasteiger partial charge in [-0.2, -0.15) is 0 Å². The molecular formula is C41H63N7O13. The Balaban J connectivity index is 3.53. The number of primary amides is 1. The lowest BCUT2D eigenvalue weighted by molar-refractivity contribution is -0.140. The maximum absolute atomic E-state index is 14.3. The number of nitrogens with one attached hydrogen (secondary N) is 6. The predicted molar refractivity (Wildman–Crippen MR) is 220 cm³/mol. The zero-order valence-electron chi connectivity index (χ0n) is 35.9. The minimum atomic E-state index is -1.65. The molecule has 6 atom stereocenters. The molecule has 340 valence electrons. The second-order valence-electron chi connectivity index (χ2n) is 16.3. The molecule has 0 aliphatic rings. The summed E-state index contributed by atoms with van der Waals surface area (Å²) in [5.41, 5.74) is 5.54. The Labute approximate surface area is 355 Å². The highest BCUT2D eigenvalue weighted by atomic mass is 16.4. The van der Waals surface area contributed by atoms with Crippen molar-refractivity contribution in [3.63, 3.8) is 0 Å². The number of amides is 7. The van der Waals surface area contributed by atoms with Crippen LogP contribution in [-0.4, -0.2) is 117 Å². The van der Waals surface area contributed by atoms with Crippen LogP contribution in [0.2, 0.25) is 0 Å². The number of aryl methyl sites for hydroxylation is 1. The summed E-state index contributed by atoms with van der Waals surface area (Å²) >= 11 is 0. The van der Waals surface area contributed by atoms with Crippen LogP contribution in [0.15, 0.2) is 24.3 Å². The van der Waals surface area contributed by atoms with Crippen molar-refractivity contribution in [3.05, 3.63) is 35.4 Å². The van der Waals surface area contributed by atoms with Gasteiger partial charge in [-0.25, -0.2) is 0 Å². The van der Waals surface area contributed by atoms with Crippen LogP contribution < -0.4 is 37.6 Å². The number of aliphatic hydroxyl groups is 1. The number of Topliss-reactive ketones (excluding diaryl/α,β-unsaturated/α-hetero) is 1. The van der Waals surface area contributed by atoms with E-state index in [0.29, 0.717) is 18.4 Å². The number of aliphatic carboxylic acids is 2. The third-order valence-electron chi connectivity index (χ3n) is 9.48. The lowest BCUT2D eigenvalue weighted by atomic mass is 9.85. The normalized spacial score (nSPS) is 14.2. The molecule has 20 heteroatoms. The van der Waals surface area contributed by atoms with Gasteiger partial charge < -0.3 is 53.0 Å². The minimum Gasteiger partial charge on any atom is -0.481 e. The standard InChI is InChI=1S/C41H63N7O13/c1-8-9-14-25(33(55)35(42)56)44-37(58)27(19-22(2)3)47-40(61)34(41(5,6)7)48-38(59)28(20-24-13-11-10-12-23(24)4)46-36(57)26(15-17-31(51)52)45-39(60)29(21-49)43-30(50)16-18-32(53)54/h10-13,22,25-29,34,49H,8-9,14-21H2,1-7H3,(H2,42,56)(H,43,50)(H,44,58)(H,45,60)(H,46,57)(H,47,61)(H,48,59)(H,51,52)(H,53,54)/t25-,26-,27-,28-,29-,34+/m0/s1. The average molecular weight is 862 g/mol. The van der Waals surface area contributed by atoms with Crippen molar-refractivity contribution in [3.8, 4) is 0 Å². The maximum Gasteiger partial charge on any atom is 0.303 e. The van der Waals surface area contributed by atoms with E-state index in [1.54, 1.807) is 65.8 Å². The van der Waals surface area contributed by atoms with E-state index in [1.807, 2.05) is 6.92 Å². The summed E-state index contributed by atoms with van der Waals surface area (Å²) in [5.74, 6) is -10.4. The Morgan fingerprint density at radius 3 is 1.70 bits per heavy atom. The van der Waals surface area contributed by atoms with Crippen LogP contribution in [0, 0.1) is 18.3 Å². The number of hydrogen-bond acceptors (Lipinski definition) is 11. The number of hydrogen-bond donors (Lipinski definition) is 10. The summed E-state index contributed by atoms with van der Waals surface area (Å²) in [7, 11) is 0. The largest absolute Gasteiger partial charge is 0.481 e. The molecular weight excluding hydrogens is 798 g/mol. The fourth-order valence-electron chi connectivity index (χ4n) is 6.03. The van der Waals surface area contributed by atoms with Crippen molar-refractivity contribution >= 4 is 59.1 Å². The van der Waals surface area contributed by atoms with E-state index in [2.05, 4.69) is 31.9 Å². The topological polar surface area (TPSA) is 330 Å². The van der Waals surface area contributed by atoms with Gasteiger partial charge in [-0.15, -0.1) is 0 Å². The number of benzene rings is 1. The Bertz CT molecular complexity index is 1740. The molecule has 11 N–H and O–H groups in total. The van der Waals surface area contributed by atoms with E-state index in [0.717, 1.165) is 5.56 Å². The second-order valence-corrected chi connectivity index (χ2v) is 16.3. The van der Waals surface area contributed by atoms with Gasteiger partial charge in [-0.3, -0.25) is 47.9 Å². The van der Waals surface area contributed by atoms with Crippen molar-refractivity contribution < 1.29 is 63.3 Å². The van der Waals surface area contributed by atoms with Gasteiger partial charge in [0.05, 0.1) is 19.1 Å². The molecule has 0 spiro atoms. The minimum absolute atomic E-state index is 0.103. The zero-order chi connectivity index (χ0) is 46.6. The molecule has 0 fully saturated rings. The van der Waals surface area contributed by atoms with E-state index >= 15 is 0 Å². The summed E-state index contributed by atoms with van der Waals surface area (Å²) in [6, 6.07) is -1.60. The Morgan fingerprint density at radius 1 is 0.656 bits per heavy atom. The first-order valence-electron chi connectivity index (χ1n) is 20.1. The third kappa shape index (κ3) is 19.3. The van der Waals surface area contributed by atoms with Crippen LogP contribution in [-0.2, 0) is 54.4 Å². The first kappa shape index (κ1) is 53.1. The number of carbonyl (C=O) groups excluding carboxylic acids is 8. The molecule has 0 radical (unpaired) electrons. The Hall–Kier alpha value is -5.92. The SMILES string of the molecule is CCCC[C@H](NC(=O)[C@H](CC(C)C)NC(=O)[C@@H](NC(=O)[C@H](Cc1ccccc1C)NC(=O)[C@H](CCC(=O)O)NC(=O)[C@H](CO)NC(=O)CCC(=O)O)C(C)(C)C)C(=O)C(N)=O. The smallest absolute Gasteiger partial charge is 0.303 e. The van der Waals surface area contributed by atoms with Gasteiger partial charge >= 0.3 is 11.9 Å². The monoisotopic (exact) mass is 861 g/mol. The van der Waals surface area contributed by atoms with Gasteiger partial charge in [-0.1, -0.05) is 78.6 Å². The highest BCUT2D eigenvalue weighted by Crippen LogP contribution is 2.21. The number of nitrogens with two attached hydrogens (primary N) is 1. The molecule has 7 amide bonds. The van der Waals surface area contributed by atoms with Gasteiger partial charge in [0.1, 0.15) is 30.2 Å². The van der Waals surface area contributed by atoms with Crippen LogP contribution in [0.5, 0.6) is 0 Å². The summed E-state index contributed by atoms with van der Waals surface area (Å²) in [6.45, 7) is 11.2. The fourth-order valence-corrected chi connectivity index (χ4v) is 6.03. The summed E-state index contributed by atoms with van der Waals surface area (Å²) in [5, 5.41) is 43.0. The molecule has 20 nitrogen and oxygen atoms in total. The molecule has 0 saturated heterocycles. The average Bonchev–Trinajstić information content (AvgIpc) is 3.16. The first-order valence-corrected chi connectivity index (χ1v) is 20.1. The first-order chi connectivity index (χ1) is 28.4. The van der Waals surface area contributed by atoms with Gasteiger partial charge in [0, 0.05) is 19.3 Å². The van der Waals surface area contributed by atoms with Gasteiger partial charge in [0.15, 0.2) is 0 Å². The van der Waals surface area contributed by atoms with Crippen molar-refractivity contribution in [2.75, 3.05) is 6.61 Å². The molecule has 1 aromatic rings. The highest BCUT2D eigenvalue weighted by Gasteiger charge is 2.38. The van der Waals surface area contributed by atoms with Crippen LogP contribution in [0.1, 0.15) is 104 Å².